The highest BCUT2D eigenvalue weighted by Gasteiger charge is 2.25. The Bertz CT molecular complexity index is 1240. The van der Waals surface area contributed by atoms with Gasteiger partial charge in [0, 0.05) is 30.5 Å². The van der Waals surface area contributed by atoms with Crippen molar-refractivity contribution in [3.63, 3.8) is 0 Å². The fourth-order valence-electron chi connectivity index (χ4n) is 4.64. The van der Waals surface area contributed by atoms with Gasteiger partial charge in [-0.1, -0.05) is 42.8 Å². The van der Waals surface area contributed by atoms with Gasteiger partial charge in [-0.15, -0.1) is 0 Å². The van der Waals surface area contributed by atoms with Gasteiger partial charge in [-0.05, 0) is 49.7 Å². The van der Waals surface area contributed by atoms with Crippen molar-refractivity contribution in [2.75, 3.05) is 19.6 Å². The van der Waals surface area contributed by atoms with Crippen molar-refractivity contribution in [3.8, 4) is 5.95 Å². The minimum Gasteiger partial charge on any atom is -0.350 e. The Balaban J connectivity index is 1.45. The second-order valence-corrected chi connectivity index (χ2v) is 8.33. The number of piperidine rings is 1. The number of halogens is 1. The zero-order valence-electron chi connectivity index (χ0n) is 18.3. The zero-order valence-corrected chi connectivity index (χ0v) is 18.3. The Hall–Kier alpha value is -3.58. The number of nitrogens with one attached hydrogen (secondary N) is 1. The molecule has 2 aromatic heterocycles. The molecule has 33 heavy (non-hydrogen) atoms. The molecule has 1 saturated heterocycles. The average Bonchev–Trinajstić information content (AvgIpc) is 3.27. The van der Waals surface area contributed by atoms with Crippen LogP contribution in [0.4, 0.5) is 4.39 Å². The maximum atomic E-state index is 14.8. The molecule has 0 saturated carbocycles. The molecule has 6 nitrogen and oxygen atoms in total. The highest BCUT2D eigenvalue weighted by Crippen LogP contribution is 2.27. The van der Waals surface area contributed by atoms with Gasteiger partial charge in [-0.2, -0.15) is 0 Å². The Morgan fingerprint density at radius 3 is 2.48 bits per heavy atom. The average molecular weight is 444 g/mol. The number of carbonyl (C=O) groups is 1. The summed E-state index contributed by atoms with van der Waals surface area (Å²) in [5, 5.41) is 3.35. The van der Waals surface area contributed by atoms with E-state index in [0.29, 0.717) is 18.0 Å². The lowest BCUT2D eigenvalue weighted by Crippen LogP contribution is -2.40. The largest absolute Gasteiger partial charge is 0.350 e. The van der Waals surface area contributed by atoms with Gasteiger partial charge in [-0.25, -0.2) is 14.4 Å². The molecule has 1 unspecified atom stereocenters. The van der Waals surface area contributed by atoms with Crippen molar-refractivity contribution < 1.29 is 9.18 Å². The maximum absolute atomic E-state index is 14.8. The normalized spacial score (nSPS) is 15.4. The summed E-state index contributed by atoms with van der Waals surface area (Å²) >= 11 is 0. The first-order chi connectivity index (χ1) is 16.2. The van der Waals surface area contributed by atoms with Crippen LogP contribution in [0.15, 0.2) is 73.2 Å². The lowest BCUT2D eigenvalue weighted by molar-refractivity contribution is 0.0925. The molecule has 5 rings (SSSR count). The summed E-state index contributed by atoms with van der Waals surface area (Å²) in [6.07, 6.45) is 8.42. The van der Waals surface area contributed by atoms with E-state index >= 15 is 0 Å². The van der Waals surface area contributed by atoms with Gasteiger partial charge >= 0.3 is 0 Å². The molecule has 1 atom stereocenters. The van der Waals surface area contributed by atoms with Crippen molar-refractivity contribution in [3.05, 3.63) is 90.1 Å². The molecule has 3 heterocycles. The highest BCUT2D eigenvalue weighted by atomic mass is 19.1. The fraction of sp³-hybridized carbons (Fsp3) is 0.269. The quantitative estimate of drug-likeness (QED) is 0.476. The van der Waals surface area contributed by atoms with E-state index in [-0.39, 0.29) is 22.9 Å². The number of rotatable bonds is 6. The second kappa shape index (κ2) is 9.50. The van der Waals surface area contributed by atoms with Gasteiger partial charge in [-0.3, -0.25) is 14.3 Å². The molecular weight excluding hydrogens is 417 g/mol. The standard InChI is InChI=1S/C26H26FN5O/c27-21-11-7-12-22-24(21)20(18-32(22)26-28-13-8-14-29-26)25(33)30-17-23(19-9-3-1-4-10-19)31-15-5-2-6-16-31/h1,3-4,7-14,18,23H,2,5-6,15-17H2,(H,30,33). The summed E-state index contributed by atoms with van der Waals surface area (Å²) in [6.45, 7) is 2.47. The fourth-order valence-corrected chi connectivity index (χ4v) is 4.64. The topological polar surface area (TPSA) is 63.1 Å². The van der Waals surface area contributed by atoms with E-state index in [2.05, 4.69) is 32.3 Å². The molecule has 0 spiro atoms. The molecule has 1 N–H and O–H groups in total. The Kier molecular flexibility index (Phi) is 6.13. The highest BCUT2D eigenvalue weighted by molar-refractivity contribution is 6.07. The van der Waals surface area contributed by atoms with E-state index in [9.17, 15) is 9.18 Å². The molecule has 1 aliphatic rings. The SMILES string of the molecule is O=C(NCC(c1ccccc1)N1CCCCC1)c1cn(-c2ncccn2)c2cccc(F)c12. The lowest BCUT2D eigenvalue weighted by atomic mass is 10.0. The number of benzene rings is 2. The molecule has 0 aliphatic carbocycles. The van der Waals surface area contributed by atoms with E-state index in [0.717, 1.165) is 25.9 Å². The predicted octanol–water partition coefficient (Wildman–Crippen LogP) is 4.52. The minimum atomic E-state index is -0.442. The van der Waals surface area contributed by atoms with Crippen LogP contribution in [0, 0.1) is 5.82 Å². The van der Waals surface area contributed by atoms with Crippen LogP contribution in [-0.4, -0.2) is 45.0 Å². The van der Waals surface area contributed by atoms with Gasteiger partial charge in [0.25, 0.3) is 5.91 Å². The number of fused-ring (bicyclic) bond motifs is 1. The first-order valence-electron chi connectivity index (χ1n) is 11.4. The van der Waals surface area contributed by atoms with Crippen molar-refractivity contribution >= 4 is 16.8 Å². The third kappa shape index (κ3) is 4.36. The van der Waals surface area contributed by atoms with Gasteiger partial charge in [0.15, 0.2) is 0 Å². The molecule has 2 aromatic carbocycles. The van der Waals surface area contributed by atoms with Crippen LogP contribution in [-0.2, 0) is 0 Å². The molecule has 7 heteroatoms. The second-order valence-electron chi connectivity index (χ2n) is 8.33. The van der Waals surface area contributed by atoms with Crippen LogP contribution >= 0.6 is 0 Å². The third-order valence-electron chi connectivity index (χ3n) is 6.26. The number of likely N-dealkylation sites (tertiary alicyclic amines) is 1. The number of hydrogen-bond donors (Lipinski definition) is 1. The molecule has 1 aliphatic heterocycles. The molecular formula is C26H26FN5O. The van der Waals surface area contributed by atoms with Crippen LogP contribution in [0.2, 0.25) is 0 Å². The van der Waals surface area contributed by atoms with Crippen LogP contribution < -0.4 is 5.32 Å². The van der Waals surface area contributed by atoms with E-state index in [1.807, 2.05) is 18.2 Å². The Labute approximate surface area is 192 Å². The van der Waals surface area contributed by atoms with Gasteiger partial charge < -0.3 is 5.32 Å². The van der Waals surface area contributed by atoms with E-state index in [4.69, 9.17) is 0 Å². The summed E-state index contributed by atoms with van der Waals surface area (Å²) in [5.41, 5.74) is 2.01. The lowest BCUT2D eigenvalue weighted by Gasteiger charge is -2.35. The van der Waals surface area contributed by atoms with Crippen molar-refractivity contribution in [2.45, 2.75) is 25.3 Å². The van der Waals surface area contributed by atoms with E-state index in [1.165, 1.54) is 18.1 Å². The van der Waals surface area contributed by atoms with Crippen LogP contribution in [0.25, 0.3) is 16.9 Å². The summed E-state index contributed by atoms with van der Waals surface area (Å²) < 4.78 is 16.5. The Morgan fingerprint density at radius 1 is 0.970 bits per heavy atom. The van der Waals surface area contributed by atoms with Crippen molar-refractivity contribution in [1.82, 2.24) is 24.8 Å². The molecule has 0 bridgehead atoms. The van der Waals surface area contributed by atoms with Crippen LogP contribution in [0.5, 0.6) is 0 Å². The maximum Gasteiger partial charge on any atom is 0.253 e. The monoisotopic (exact) mass is 443 g/mol. The number of amides is 1. The molecule has 1 fully saturated rings. The summed E-state index contributed by atoms with van der Waals surface area (Å²) in [5.74, 6) is -0.358. The minimum absolute atomic E-state index is 0.0751. The third-order valence-corrected chi connectivity index (χ3v) is 6.26. The first-order valence-corrected chi connectivity index (χ1v) is 11.4. The number of nitrogens with zero attached hydrogens (tertiary/aromatic N) is 4. The summed E-state index contributed by atoms with van der Waals surface area (Å²) in [4.78, 5) is 24.3. The number of aromatic nitrogens is 3. The Morgan fingerprint density at radius 2 is 1.73 bits per heavy atom. The zero-order chi connectivity index (χ0) is 22.6. The molecule has 1 amide bonds. The predicted molar refractivity (Wildman–Crippen MR) is 126 cm³/mol. The summed E-state index contributed by atoms with van der Waals surface area (Å²) in [6, 6.07) is 16.8. The molecule has 0 radical (unpaired) electrons. The molecule has 168 valence electrons. The number of carbonyl (C=O) groups excluding carboxylic acids is 1. The van der Waals surface area contributed by atoms with Crippen molar-refractivity contribution in [2.24, 2.45) is 0 Å². The summed E-state index contributed by atoms with van der Waals surface area (Å²) in [7, 11) is 0. The van der Waals surface area contributed by atoms with E-state index in [1.54, 1.807) is 41.4 Å². The van der Waals surface area contributed by atoms with Crippen molar-refractivity contribution in [1.29, 1.82) is 0 Å². The molecule has 4 aromatic rings. The van der Waals surface area contributed by atoms with Crippen LogP contribution in [0.1, 0.15) is 41.2 Å². The number of hydrogen-bond acceptors (Lipinski definition) is 4. The van der Waals surface area contributed by atoms with Gasteiger partial charge in [0.2, 0.25) is 5.95 Å². The van der Waals surface area contributed by atoms with E-state index < -0.39 is 5.82 Å². The van der Waals surface area contributed by atoms with Crippen LogP contribution in [0.3, 0.4) is 0 Å². The van der Waals surface area contributed by atoms with Gasteiger partial charge in [0.1, 0.15) is 5.82 Å². The first kappa shape index (κ1) is 21.3. The smallest absolute Gasteiger partial charge is 0.253 e. The van der Waals surface area contributed by atoms with Gasteiger partial charge in [0.05, 0.1) is 17.1 Å².